The summed E-state index contributed by atoms with van der Waals surface area (Å²) in [5.41, 5.74) is 0. The van der Waals surface area contributed by atoms with Gasteiger partial charge in [-0.15, -0.1) is 0 Å². The van der Waals surface area contributed by atoms with E-state index in [-0.39, 0.29) is 18.1 Å². The molecule has 2 aliphatic heterocycles. The molecule has 6 nitrogen and oxygen atoms in total. The molecule has 2 saturated heterocycles. The number of likely N-dealkylation sites (tertiary alicyclic amines) is 1. The summed E-state index contributed by atoms with van der Waals surface area (Å²) in [4.78, 5) is 14.6. The molecule has 2 N–H and O–H groups in total. The van der Waals surface area contributed by atoms with Crippen LogP contribution < -0.4 is 10.6 Å². The molecular formula is C14H27N3O3. The Morgan fingerprint density at radius 1 is 1.55 bits per heavy atom. The SMILES string of the molecule is COCCN1CCCC1CNC(=O)[C@H]1NCCO[C@@H]1C. The smallest absolute Gasteiger partial charge is 0.239 e. The molecule has 0 aliphatic carbocycles. The lowest BCUT2D eigenvalue weighted by atomic mass is 10.1. The number of hydrogen-bond donors (Lipinski definition) is 2. The number of nitrogens with zero attached hydrogens (tertiary/aromatic N) is 1. The van der Waals surface area contributed by atoms with Gasteiger partial charge in [-0.3, -0.25) is 9.69 Å². The molecule has 2 heterocycles. The molecule has 0 aromatic heterocycles. The number of carbonyl (C=O) groups excluding carboxylic acids is 1. The van der Waals surface area contributed by atoms with Crippen molar-refractivity contribution in [1.29, 1.82) is 0 Å². The summed E-state index contributed by atoms with van der Waals surface area (Å²) >= 11 is 0. The highest BCUT2D eigenvalue weighted by Gasteiger charge is 2.30. The van der Waals surface area contributed by atoms with Crippen molar-refractivity contribution in [2.75, 3.05) is 46.5 Å². The standard InChI is InChI=1S/C14H27N3O3/c1-11-13(15-5-8-20-11)14(18)16-10-12-4-3-6-17(12)7-9-19-2/h11-13,15H,3-10H2,1-2H3,(H,16,18)/t11-,12?,13+/m1/s1. The number of methoxy groups -OCH3 is 1. The van der Waals surface area contributed by atoms with Crippen LogP contribution in [0, 0.1) is 0 Å². The van der Waals surface area contributed by atoms with Gasteiger partial charge in [-0.1, -0.05) is 0 Å². The van der Waals surface area contributed by atoms with E-state index < -0.39 is 0 Å². The lowest BCUT2D eigenvalue weighted by molar-refractivity contribution is -0.129. The van der Waals surface area contributed by atoms with Gasteiger partial charge in [0.15, 0.2) is 0 Å². The van der Waals surface area contributed by atoms with Crippen LogP contribution >= 0.6 is 0 Å². The molecule has 0 radical (unpaired) electrons. The summed E-state index contributed by atoms with van der Waals surface area (Å²) in [5.74, 6) is 0.0517. The topological polar surface area (TPSA) is 62.8 Å². The predicted octanol–water partition coefficient (Wildman–Crippen LogP) is -0.410. The van der Waals surface area contributed by atoms with E-state index >= 15 is 0 Å². The summed E-state index contributed by atoms with van der Waals surface area (Å²) in [5, 5.41) is 6.29. The predicted molar refractivity (Wildman–Crippen MR) is 76.7 cm³/mol. The van der Waals surface area contributed by atoms with Crippen LogP contribution in [0.25, 0.3) is 0 Å². The van der Waals surface area contributed by atoms with Crippen LogP contribution in [0.1, 0.15) is 19.8 Å². The summed E-state index contributed by atoms with van der Waals surface area (Å²) in [6.07, 6.45) is 2.29. The second-order valence-electron chi connectivity index (χ2n) is 5.58. The molecule has 2 fully saturated rings. The van der Waals surface area contributed by atoms with E-state index in [1.165, 1.54) is 6.42 Å². The summed E-state index contributed by atoms with van der Waals surface area (Å²) in [6.45, 7) is 6.87. The average Bonchev–Trinajstić information content (AvgIpc) is 2.90. The molecule has 0 bridgehead atoms. The third-order valence-corrected chi connectivity index (χ3v) is 4.19. The molecule has 0 saturated carbocycles. The van der Waals surface area contributed by atoms with Gasteiger partial charge in [0.1, 0.15) is 6.04 Å². The number of rotatable bonds is 6. The molecule has 1 amide bonds. The first kappa shape index (κ1) is 15.7. The highest BCUT2D eigenvalue weighted by molar-refractivity contribution is 5.82. The highest BCUT2D eigenvalue weighted by atomic mass is 16.5. The third kappa shape index (κ3) is 4.15. The molecule has 0 aromatic carbocycles. The molecule has 20 heavy (non-hydrogen) atoms. The minimum Gasteiger partial charge on any atom is -0.383 e. The minimum atomic E-state index is -0.224. The van der Waals surface area contributed by atoms with Gasteiger partial charge in [0.05, 0.1) is 19.3 Å². The van der Waals surface area contributed by atoms with E-state index in [1.807, 2.05) is 6.92 Å². The van der Waals surface area contributed by atoms with Crippen LogP contribution in [0.2, 0.25) is 0 Å². The second kappa shape index (κ2) is 7.93. The Kier molecular flexibility index (Phi) is 6.22. The maximum absolute atomic E-state index is 12.2. The average molecular weight is 285 g/mol. The zero-order chi connectivity index (χ0) is 14.4. The van der Waals surface area contributed by atoms with Gasteiger partial charge in [-0.25, -0.2) is 0 Å². The Morgan fingerprint density at radius 3 is 3.15 bits per heavy atom. The first-order valence-electron chi connectivity index (χ1n) is 7.58. The van der Waals surface area contributed by atoms with Gasteiger partial charge in [0.2, 0.25) is 5.91 Å². The number of hydrogen-bond acceptors (Lipinski definition) is 5. The molecule has 116 valence electrons. The number of carbonyl (C=O) groups is 1. The normalized spacial score (nSPS) is 31.4. The van der Waals surface area contributed by atoms with Gasteiger partial charge < -0.3 is 20.1 Å². The molecule has 2 rings (SSSR count). The van der Waals surface area contributed by atoms with Crippen LogP contribution in [0.5, 0.6) is 0 Å². The molecule has 1 unspecified atom stereocenters. The zero-order valence-electron chi connectivity index (χ0n) is 12.6. The van der Waals surface area contributed by atoms with Crippen molar-refractivity contribution in [3.05, 3.63) is 0 Å². The molecule has 0 aromatic rings. The Bertz CT molecular complexity index is 314. The molecule has 2 aliphatic rings. The summed E-state index contributed by atoms with van der Waals surface area (Å²) < 4.78 is 10.6. The number of morpholine rings is 1. The van der Waals surface area contributed by atoms with E-state index in [2.05, 4.69) is 15.5 Å². The van der Waals surface area contributed by atoms with Crippen LogP contribution in [-0.4, -0.2) is 75.5 Å². The van der Waals surface area contributed by atoms with Crippen LogP contribution in [0.4, 0.5) is 0 Å². The van der Waals surface area contributed by atoms with Crippen molar-refractivity contribution in [3.8, 4) is 0 Å². The number of amides is 1. The van der Waals surface area contributed by atoms with Gasteiger partial charge in [0, 0.05) is 32.8 Å². The largest absolute Gasteiger partial charge is 0.383 e. The molecule has 3 atom stereocenters. The maximum atomic E-state index is 12.2. The van der Waals surface area contributed by atoms with Gasteiger partial charge in [-0.05, 0) is 26.3 Å². The van der Waals surface area contributed by atoms with E-state index in [1.54, 1.807) is 7.11 Å². The fourth-order valence-electron chi connectivity index (χ4n) is 2.98. The molecule has 6 heteroatoms. The van der Waals surface area contributed by atoms with Crippen molar-refractivity contribution in [3.63, 3.8) is 0 Å². The third-order valence-electron chi connectivity index (χ3n) is 4.19. The van der Waals surface area contributed by atoms with Crippen LogP contribution in [-0.2, 0) is 14.3 Å². The summed E-state index contributed by atoms with van der Waals surface area (Å²) in [7, 11) is 1.73. The fraction of sp³-hybridized carbons (Fsp3) is 0.929. The Morgan fingerprint density at radius 2 is 2.40 bits per heavy atom. The van der Waals surface area contributed by atoms with Crippen LogP contribution in [0.15, 0.2) is 0 Å². The van der Waals surface area contributed by atoms with Crippen LogP contribution in [0.3, 0.4) is 0 Å². The first-order valence-corrected chi connectivity index (χ1v) is 7.58. The van der Waals surface area contributed by atoms with Crippen molar-refractivity contribution in [2.24, 2.45) is 0 Å². The van der Waals surface area contributed by atoms with Crippen molar-refractivity contribution in [2.45, 2.75) is 38.0 Å². The van der Waals surface area contributed by atoms with Gasteiger partial charge in [0.25, 0.3) is 0 Å². The molecular weight excluding hydrogens is 258 g/mol. The van der Waals surface area contributed by atoms with Gasteiger partial charge in [-0.2, -0.15) is 0 Å². The van der Waals surface area contributed by atoms with E-state index in [4.69, 9.17) is 9.47 Å². The lowest BCUT2D eigenvalue weighted by Crippen LogP contribution is -2.56. The first-order chi connectivity index (χ1) is 9.72. The van der Waals surface area contributed by atoms with E-state index in [9.17, 15) is 4.79 Å². The Balaban J connectivity index is 1.74. The van der Waals surface area contributed by atoms with Crippen molar-refractivity contribution < 1.29 is 14.3 Å². The number of nitrogens with one attached hydrogen (secondary N) is 2. The van der Waals surface area contributed by atoms with E-state index in [0.29, 0.717) is 19.2 Å². The second-order valence-corrected chi connectivity index (χ2v) is 5.58. The fourth-order valence-corrected chi connectivity index (χ4v) is 2.98. The summed E-state index contributed by atoms with van der Waals surface area (Å²) in [6, 6.07) is 0.214. The van der Waals surface area contributed by atoms with Crippen molar-refractivity contribution in [1.82, 2.24) is 15.5 Å². The number of ether oxygens (including phenoxy) is 2. The van der Waals surface area contributed by atoms with E-state index in [0.717, 1.165) is 32.7 Å². The van der Waals surface area contributed by atoms with Crippen molar-refractivity contribution >= 4 is 5.91 Å². The maximum Gasteiger partial charge on any atom is 0.239 e. The molecule has 0 spiro atoms. The lowest BCUT2D eigenvalue weighted by Gasteiger charge is -2.30. The Hall–Kier alpha value is -0.690. The minimum absolute atomic E-state index is 0.0517. The Labute approximate surface area is 121 Å². The monoisotopic (exact) mass is 285 g/mol. The van der Waals surface area contributed by atoms with Gasteiger partial charge >= 0.3 is 0 Å². The quantitative estimate of drug-likeness (QED) is 0.695. The highest BCUT2D eigenvalue weighted by Crippen LogP contribution is 2.16. The zero-order valence-corrected chi connectivity index (χ0v) is 12.6.